The van der Waals surface area contributed by atoms with Crippen molar-refractivity contribution in [3.05, 3.63) is 0 Å². The summed E-state index contributed by atoms with van der Waals surface area (Å²) in [5.41, 5.74) is 0. The molecule has 3 heteroatoms. The molecule has 0 spiro atoms. The second-order valence-electron chi connectivity index (χ2n) is 4.51. The lowest BCUT2D eigenvalue weighted by atomic mass is 9.93. The Hall–Kier alpha value is -0.120. The molecule has 14 heavy (non-hydrogen) atoms. The SMILES string of the molecule is CC(C)NCC(O)CC1CCOCC1. The number of nitrogens with one attached hydrogen (secondary N) is 1. The number of aliphatic hydroxyl groups excluding tert-OH is 1. The van der Waals surface area contributed by atoms with Gasteiger partial charge in [0.2, 0.25) is 0 Å². The van der Waals surface area contributed by atoms with Gasteiger partial charge in [0.15, 0.2) is 0 Å². The molecule has 1 heterocycles. The Morgan fingerprint density at radius 2 is 2.00 bits per heavy atom. The third kappa shape index (κ3) is 4.94. The van der Waals surface area contributed by atoms with Crippen molar-refractivity contribution >= 4 is 0 Å². The highest BCUT2D eigenvalue weighted by Gasteiger charge is 2.17. The van der Waals surface area contributed by atoms with Gasteiger partial charge in [0, 0.05) is 25.8 Å². The van der Waals surface area contributed by atoms with Gasteiger partial charge >= 0.3 is 0 Å². The number of rotatable bonds is 5. The maximum atomic E-state index is 9.75. The molecule has 0 bridgehead atoms. The Morgan fingerprint density at radius 3 is 2.57 bits per heavy atom. The van der Waals surface area contributed by atoms with E-state index in [0.29, 0.717) is 12.0 Å². The van der Waals surface area contributed by atoms with Crippen LogP contribution in [0.3, 0.4) is 0 Å². The predicted molar refractivity (Wildman–Crippen MR) is 57.3 cm³/mol. The number of ether oxygens (including phenoxy) is 1. The average Bonchev–Trinajstić information content (AvgIpc) is 2.16. The molecule has 0 aromatic carbocycles. The molecule has 3 nitrogen and oxygen atoms in total. The van der Waals surface area contributed by atoms with Crippen molar-refractivity contribution in [1.29, 1.82) is 0 Å². The molecule has 1 saturated heterocycles. The second-order valence-corrected chi connectivity index (χ2v) is 4.51. The lowest BCUT2D eigenvalue weighted by Crippen LogP contribution is -2.33. The lowest BCUT2D eigenvalue weighted by molar-refractivity contribution is 0.0435. The Kier molecular flexibility index (Phi) is 5.45. The fourth-order valence-electron chi connectivity index (χ4n) is 1.82. The smallest absolute Gasteiger partial charge is 0.0667 e. The van der Waals surface area contributed by atoms with Crippen LogP contribution in [0.1, 0.15) is 33.1 Å². The van der Waals surface area contributed by atoms with Gasteiger partial charge in [-0.05, 0) is 25.2 Å². The summed E-state index contributed by atoms with van der Waals surface area (Å²) in [7, 11) is 0. The Bertz CT molecular complexity index is 144. The van der Waals surface area contributed by atoms with Crippen molar-refractivity contribution in [2.45, 2.75) is 45.3 Å². The van der Waals surface area contributed by atoms with Crippen LogP contribution in [0.15, 0.2) is 0 Å². The third-order valence-corrected chi connectivity index (χ3v) is 2.71. The zero-order valence-electron chi connectivity index (χ0n) is 9.33. The Labute approximate surface area is 86.8 Å². The van der Waals surface area contributed by atoms with Crippen molar-refractivity contribution < 1.29 is 9.84 Å². The van der Waals surface area contributed by atoms with E-state index < -0.39 is 0 Å². The van der Waals surface area contributed by atoms with Crippen molar-refractivity contribution in [2.75, 3.05) is 19.8 Å². The molecule has 0 radical (unpaired) electrons. The quantitative estimate of drug-likeness (QED) is 0.701. The number of aliphatic hydroxyl groups is 1. The van der Waals surface area contributed by atoms with Crippen molar-refractivity contribution in [3.63, 3.8) is 0 Å². The molecular formula is C11H23NO2. The fraction of sp³-hybridized carbons (Fsp3) is 1.00. The zero-order valence-corrected chi connectivity index (χ0v) is 9.33. The summed E-state index contributed by atoms with van der Waals surface area (Å²) >= 11 is 0. The Morgan fingerprint density at radius 1 is 1.36 bits per heavy atom. The van der Waals surface area contributed by atoms with Gasteiger partial charge in [-0.1, -0.05) is 13.8 Å². The van der Waals surface area contributed by atoms with Crippen molar-refractivity contribution in [1.82, 2.24) is 5.32 Å². The molecule has 1 unspecified atom stereocenters. The van der Waals surface area contributed by atoms with E-state index in [1.165, 1.54) is 0 Å². The summed E-state index contributed by atoms with van der Waals surface area (Å²) in [4.78, 5) is 0. The van der Waals surface area contributed by atoms with E-state index in [4.69, 9.17) is 4.74 Å². The van der Waals surface area contributed by atoms with Crippen LogP contribution < -0.4 is 5.32 Å². The molecule has 1 aliphatic heterocycles. The van der Waals surface area contributed by atoms with Crippen molar-refractivity contribution in [2.24, 2.45) is 5.92 Å². The maximum absolute atomic E-state index is 9.75. The van der Waals surface area contributed by atoms with Crippen LogP contribution in [0.25, 0.3) is 0 Å². The van der Waals surface area contributed by atoms with E-state index in [0.717, 1.165) is 39.0 Å². The van der Waals surface area contributed by atoms with E-state index in [2.05, 4.69) is 19.2 Å². The summed E-state index contributed by atoms with van der Waals surface area (Å²) in [6, 6.07) is 0.458. The molecule has 0 saturated carbocycles. The predicted octanol–water partition coefficient (Wildman–Crippen LogP) is 1.16. The number of hydrogen-bond acceptors (Lipinski definition) is 3. The van der Waals surface area contributed by atoms with Crippen LogP contribution in [0.4, 0.5) is 0 Å². The lowest BCUT2D eigenvalue weighted by Gasteiger charge is -2.24. The maximum Gasteiger partial charge on any atom is 0.0667 e. The highest BCUT2D eigenvalue weighted by atomic mass is 16.5. The molecule has 1 fully saturated rings. The van der Waals surface area contributed by atoms with Crippen LogP contribution >= 0.6 is 0 Å². The van der Waals surface area contributed by atoms with E-state index in [1.807, 2.05) is 0 Å². The molecule has 0 aliphatic carbocycles. The highest BCUT2D eigenvalue weighted by Crippen LogP contribution is 2.19. The molecule has 2 N–H and O–H groups in total. The first-order chi connectivity index (χ1) is 6.68. The van der Waals surface area contributed by atoms with Gasteiger partial charge in [-0.3, -0.25) is 0 Å². The van der Waals surface area contributed by atoms with E-state index in [1.54, 1.807) is 0 Å². The number of hydrogen-bond donors (Lipinski definition) is 2. The van der Waals surface area contributed by atoms with E-state index >= 15 is 0 Å². The minimum atomic E-state index is -0.194. The minimum Gasteiger partial charge on any atom is -0.392 e. The topological polar surface area (TPSA) is 41.5 Å². The van der Waals surface area contributed by atoms with E-state index in [-0.39, 0.29) is 6.10 Å². The summed E-state index contributed by atoms with van der Waals surface area (Å²) < 4.78 is 5.28. The minimum absolute atomic E-state index is 0.194. The van der Waals surface area contributed by atoms with Crippen molar-refractivity contribution in [3.8, 4) is 0 Å². The largest absolute Gasteiger partial charge is 0.392 e. The molecule has 1 aliphatic rings. The molecule has 0 aromatic heterocycles. The van der Waals surface area contributed by atoms with Gasteiger partial charge in [0.05, 0.1) is 6.10 Å². The van der Waals surface area contributed by atoms with E-state index in [9.17, 15) is 5.11 Å². The van der Waals surface area contributed by atoms with Crippen LogP contribution in [-0.2, 0) is 4.74 Å². The van der Waals surface area contributed by atoms with Gasteiger partial charge in [0.25, 0.3) is 0 Å². The summed E-state index contributed by atoms with van der Waals surface area (Å²) in [6.45, 7) is 6.65. The molecule has 1 atom stereocenters. The first kappa shape index (κ1) is 12.0. The van der Waals surface area contributed by atoms with Gasteiger partial charge in [-0.25, -0.2) is 0 Å². The summed E-state index contributed by atoms with van der Waals surface area (Å²) in [6.07, 6.45) is 2.95. The van der Waals surface area contributed by atoms with Crippen LogP contribution in [0, 0.1) is 5.92 Å². The monoisotopic (exact) mass is 201 g/mol. The Balaban J connectivity index is 2.09. The van der Waals surface area contributed by atoms with Gasteiger partial charge in [-0.2, -0.15) is 0 Å². The first-order valence-corrected chi connectivity index (χ1v) is 5.67. The van der Waals surface area contributed by atoms with Gasteiger partial charge in [0.1, 0.15) is 0 Å². The fourth-order valence-corrected chi connectivity index (χ4v) is 1.82. The normalized spacial score (nSPS) is 21.4. The van der Waals surface area contributed by atoms with Gasteiger partial charge < -0.3 is 15.2 Å². The summed E-state index contributed by atoms with van der Waals surface area (Å²) in [5, 5.41) is 13.0. The molecule has 0 aromatic rings. The molecular weight excluding hydrogens is 178 g/mol. The van der Waals surface area contributed by atoms with Crippen LogP contribution in [-0.4, -0.2) is 37.0 Å². The summed E-state index contributed by atoms with van der Waals surface area (Å²) in [5.74, 6) is 0.660. The van der Waals surface area contributed by atoms with Crippen LogP contribution in [0.2, 0.25) is 0 Å². The average molecular weight is 201 g/mol. The molecule has 84 valence electrons. The molecule has 0 amide bonds. The van der Waals surface area contributed by atoms with Crippen LogP contribution in [0.5, 0.6) is 0 Å². The van der Waals surface area contributed by atoms with Gasteiger partial charge in [-0.15, -0.1) is 0 Å². The second kappa shape index (κ2) is 6.38. The third-order valence-electron chi connectivity index (χ3n) is 2.71. The standard InChI is InChI=1S/C11H23NO2/c1-9(2)12-8-11(13)7-10-3-5-14-6-4-10/h9-13H,3-8H2,1-2H3. The highest BCUT2D eigenvalue weighted by molar-refractivity contribution is 4.70. The zero-order chi connectivity index (χ0) is 10.4. The first-order valence-electron chi connectivity index (χ1n) is 5.67. The molecule has 1 rings (SSSR count).